The molecule has 0 bridgehead atoms. The fraction of sp³-hybridized carbons (Fsp3) is 0.906. The maximum absolute atomic E-state index is 12.3. The second kappa shape index (κ2) is 22.2. The Kier molecular flexibility index (Phi) is 21.3. The van der Waals surface area contributed by atoms with Gasteiger partial charge in [-0.05, 0) is 43.9 Å². The standard InChI is InChI=1S/C32H60O6/c1-26(2)17-11-8-14-20-29(33)36-23-32(7,24-37-30(34)21-15-9-12-18-27(3)4)25-38-31(35)22-16-10-13-19-28(5)6/h26-28H,8-25H2,1-7H3. The summed E-state index contributed by atoms with van der Waals surface area (Å²) in [6.07, 6.45) is 13.4. The monoisotopic (exact) mass is 540 g/mol. The van der Waals surface area contributed by atoms with Crippen LogP contribution in [-0.2, 0) is 28.6 Å². The predicted octanol–water partition coefficient (Wildman–Crippen LogP) is 8.44. The lowest BCUT2D eigenvalue weighted by Gasteiger charge is -2.28. The Morgan fingerprint density at radius 3 is 0.974 bits per heavy atom. The van der Waals surface area contributed by atoms with E-state index in [1.54, 1.807) is 0 Å². The predicted molar refractivity (Wildman–Crippen MR) is 155 cm³/mol. The van der Waals surface area contributed by atoms with Crippen LogP contribution in [0, 0.1) is 23.2 Å². The number of rotatable bonds is 24. The molecule has 38 heavy (non-hydrogen) atoms. The Balaban J connectivity index is 4.62. The summed E-state index contributed by atoms with van der Waals surface area (Å²) in [4.78, 5) is 37.0. The second-order valence-electron chi connectivity index (χ2n) is 12.8. The zero-order chi connectivity index (χ0) is 28.8. The lowest BCUT2D eigenvalue weighted by atomic mass is 9.94. The topological polar surface area (TPSA) is 78.9 Å². The van der Waals surface area contributed by atoms with E-state index in [2.05, 4.69) is 41.5 Å². The molecular formula is C32H60O6. The van der Waals surface area contributed by atoms with Crippen molar-refractivity contribution in [2.24, 2.45) is 23.2 Å². The van der Waals surface area contributed by atoms with Crippen LogP contribution in [0.2, 0.25) is 0 Å². The van der Waals surface area contributed by atoms with Gasteiger partial charge in [0.15, 0.2) is 0 Å². The molecule has 0 amide bonds. The van der Waals surface area contributed by atoms with Crippen LogP contribution >= 0.6 is 0 Å². The van der Waals surface area contributed by atoms with Crippen LogP contribution in [0.5, 0.6) is 0 Å². The summed E-state index contributed by atoms with van der Waals surface area (Å²) < 4.78 is 16.6. The van der Waals surface area contributed by atoms with Gasteiger partial charge in [0.05, 0.1) is 5.41 Å². The Bertz CT molecular complexity index is 542. The maximum Gasteiger partial charge on any atom is 0.305 e. The third-order valence-electron chi connectivity index (χ3n) is 6.73. The van der Waals surface area contributed by atoms with Crippen molar-refractivity contribution in [2.45, 2.75) is 145 Å². The Morgan fingerprint density at radius 2 is 0.737 bits per heavy atom. The van der Waals surface area contributed by atoms with E-state index in [0.717, 1.165) is 57.8 Å². The van der Waals surface area contributed by atoms with E-state index >= 15 is 0 Å². The SMILES string of the molecule is CC(C)CCCCCC(=O)OCC(C)(COC(=O)CCCCCC(C)C)COC(=O)CCCCCC(C)C. The molecule has 0 aromatic heterocycles. The van der Waals surface area contributed by atoms with Crippen LogP contribution in [-0.4, -0.2) is 37.7 Å². The summed E-state index contributed by atoms with van der Waals surface area (Å²) in [6, 6.07) is 0. The largest absolute Gasteiger partial charge is 0.465 e. The van der Waals surface area contributed by atoms with Crippen LogP contribution in [0.4, 0.5) is 0 Å². The lowest BCUT2D eigenvalue weighted by Crippen LogP contribution is -2.37. The van der Waals surface area contributed by atoms with Crippen molar-refractivity contribution in [1.29, 1.82) is 0 Å². The van der Waals surface area contributed by atoms with Crippen LogP contribution in [0.1, 0.15) is 145 Å². The average Bonchev–Trinajstić information content (AvgIpc) is 2.84. The molecule has 0 aromatic rings. The highest BCUT2D eigenvalue weighted by atomic mass is 16.6. The number of carbonyl (C=O) groups is 3. The summed E-state index contributed by atoms with van der Waals surface area (Å²) in [5.41, 5.74) is -0.770. The zero-order valence-electron chi connectivity index (χ0n) is 25.9. The molecule has 0 saturated carbocycles. The Hall–Kier alpha value is -1.59. The van der Waals surface area contributed by atoms with E-state index in [-0.39, 0.29) is 37.7 Å². The Labute approximate surface area is 234 Å². The highest BCUT2D eigenvalue weighted by Gasteiger charge is 2.30. The second-order valence-corrected chi connectivity index (χ2v) is 12.8. The zero-order valence-corrected chi connectivity index (χ0v) is 25.9. The molecule has 0 spiro atoms. The normalized spacial score (nSPS) is 11.8. The molecule has 6 heteroatoms. The van der Waals surface area contributed by atoms with Crippen molar-refractivity contribution in [3.05, 3.63) is 0 Å². The highest BCUT2D eigenvalue weighted by Crippen LogP contribution is 2.21. The molecule has 0 rings (SSSR count). The molecule has 0 heterocycles. The molecular weight excluding hydrogens is 480 g/mol. The summed E-state index contributed by atoms with van der Waals surface area (Å²) in [7, 11) is 0. The molecule has 0 radical (unpaired) electrons. The highest BCUT2D eigenvalue weighted by molar-refractivity contribution is 5.70. The number of ether oxygens (including phenoxy) is 3. The van der Waals surface area contributed by atoms with Crippen molar-refractivity contribution in [3.8, 4) is 0 Å². The minimum Gasteiger partial charge on any atom is -0.465 e. The van der Waals surface area contributed by atoms with Gasteiger partial charge in [0.2, 0.25) is 0 Å². The van der Waals surface area contributed by atoms with Gasteiger partial charge in [-0.2, -0.15) is 0 Å². The van der Waals surface area contributed by atoms with Crippen LogP contribution in [0.15, 0.2) is 0 Å². The molecule has 0 aliphatic heterocycles. The number of esters is 3. The number of hydrogen-bond acceptors (Lipinski definition) is 6. The third kappa shape index (κ3) is 23.5. The van der Waals surface area contributed by atoms with Crippen LogP contribution in [0.25, 0.3) is 0 Å². The molecule has 0 unspecified atom stereocenters. The van der Waals surface area contributed by atoms with Crippen molar-refractivity contribution in [2.75, 3.05) is 19.8 Å². The van der Waals surface area contributed by atoms with E-state index in [0.29, 0.717) is 37.0 Å². The molecule has 0 aliphatic carbocycles. The first-order valence-corrected chi connectivity index (χ1v) is 15.4. The van der Waals surface area contributed by atoms with Gasteiger partial charge in [-0.25, -0.2) is 0 Å². The molecule has 0 N–H and O–H groups in total. The molecule has 0 aliphatic rings. The summed E-state index contributed by atoms with van der Waals surface area (Å²) in [6.45, 7) is 15.2. The first-order valence-electron chi connectivity index (χ1n) is 15.4. The molecule has 6 nitrogen and oxygen atoms in total. The summed E-state index contributed by atoms with van der Waals surface area (Å²) in [5.74, 6) is 1.26. The summed E-state index contributed by atoms with van der Waals surface area (Å²) >= 11 is 0. The summed E-state index contributed by atoms with van der Waals surface area (Å²) in [5, 5.41) is 0. The maximum atomic E-state index is 12.3. The van der Waals surface area contributed by atoms with Crippen molar-refractivity contribution in [1.82, 2.24) is 0 Å². The lowest BCUT2D eigenvalue weighted by molar-refractivity contribution is -0.160. The van der Waals surface area contributed by atoms with Gasteiger partial charge < -0.3 is 14.2 Å². The number of unbranched alkanes of at least 4 members (excludes halogenated alkanes) is 6. The fourth-order valence-electron chi connectivity index (χ4n) is 4.10. The van der Waals surface area contributed by atoms with E-state index < -0.39 is 5.41 Å². The third-order valence-corrected chi connectivity index (χ3v) is 6.73. The van der Waals surface area contributed by atoms with Crippen molar-refractivity contribution < 1.29 is 28.6 Å². The molecule has 0 fully saturated rings. The van der Waals surface area contributed by atoms with Gasteiger partial charge >= 0.3 is 17.9 Å². The smallest absolute Gasteiger partial charge is 0.305 e. The quantitative estimate of drug-likeness (QED) is 0.0694. The molecule has 0 aromatic carbocycles. The Morgan fingerprint density at radius 1 is 0.474 bits per heavy atom. The molecule has 224 valence electrons. The van der Waals surface area contributed by atoms with Gasteiger partial charge in [-0.3, -0.25) is 14.4 Å². The minimum atomic E-state index is -0.770. The number of hydrogen-bond donors (Lipinski definition) is 0. The van der Waals surface area contributed by atoms with Gasteiger partial charge in [-0.1, -0.05) is 99.3 Å². The van der Waals surface area contributed by atoms with E-state index in [1.165, 1.54) is 19.3 Å². The molecule has 0 saturated heterocycles. The number of carbonyl (C=O) groups excluding carboxylic acids is 3. The first kappa shape index (κ1) is 36.4. The minimum absolute atomic E-state index is 0.0567. The van der Waals surface area contributed by atoms with Gasteiger partial charge in [-0.15, -0.1) is 0 Å². The van der Waals surface area contributed by atoms with Crippen molar-refractivity contribution >= 4 is 17.9 Å². The molecule has 0 atom stereocenters. The average molecular weight is 541 g/mol. The van der Waals surface area contributed by atoms with Gasteiger partial charge in [0.1, 0.15) is 19.8 Å². The van der Waals surface area contributed by atoms with E-state index in [1.807, 2.05) is 6.92 Å². The van der Waals surface area contributed by atoms with E-state index in [4.69, 9.17) is 14.2 Å². The van der Waals surface area contributed by atoms with Crippen LogP contribution in [0.3, 0.4) is 0 Å². The van der Waals surface area contributed by atoms with E-state index in [9.17, 15) is 14.4 Å². The first-order chi connectivity index (χ1) is 17.9. The fourth-order valence-corrected chi connectivity index (χ4v) is 4.10. The van der Waals surface area contributed by atoms with Gasteiger partial charge in [0.25, 0.3) is 0 Å². The van der Waals surface area contributed by atoms with Crippen LogP contribution < -0.4 is 0 Å². The van der Waals surface area contributed by atoms with Crippen molar-refractivity contribution in [3.63, 3.8) is 0 Å². The van der Waals surface area contributed by atoms with Gasteiger partial charge in [0, 0.05) is 19.3 Å².